The Hall–Kier alpha value is -2.76. The van der Waals surface area contributed by atoms with Crippen molar-refractivity contribution in [2.45, 2.75) is 38.3 Å². The Morgan fingerprint density at radius 3 is 2.93 bits per heavy atom. The summed E-state index contributed by atoms with van der Waals surface area (Å²) in [6.45, 7) is 5.02. The third-order valence-corrected chi connectivity index (χ3v) is 5.65. The third-order valence-electron chi connectivity index (χ3n) is 5.65. The highest BCUT2D eigenvalue weighted by Crippen LogP contribution is 2.30. The summed E-state index contributed by atoms with van der Waals surface area (Å²) in [5, 5.41) is 12.5. The Kier molecular flexibility index (Phi) is 6.41. The summed E-state index contributed by atoms with van der Waals surface area (Å²) in [6.07, 6.45) is 6.33. The minimum absolute atomic E-state index is 0.0231. The van der Waals surface area contributed by atoms with E-state index in [-0.39, 0.29) is 24.7 Å². The Bertz CT molecular complexity index is 938. The number of hydrogen-bond donors (Lipinski definition) is 1. The van der Waals surface area contributed by atoms with Gasteiger partial charge in [0.15, 0.2) is 0 Å². The van der Waals surface area contributed by atoms with Crippen LogP contribution in [-0.2, 0) is 14.3 Å². The van der Waals surface area contributed by atoms with Gasteiger partial charge in [-0.15, -0.1) is 0 Å². The lowest BCUT2D eigenvalue weighted by Gasteiger charge is -2.38. The summed E-state index contributed by atoms with van der Waals surface area (Å²) in [5.74, 6) is 0.302. The molecule has 0 spiro atoms. The van der Waals surface area contributed by atoms with Gasteiger partial charge in [0.05, 0.1) is 24.0 Å². The molecule has 2 fully saturated rings. The van der Waals surface area contributed by atoms with Gasteiger partial charge in [-0.2, -0.15) is 5.26 Å². The number of rotatable bonds is 6. The van der Waals surface area contributed by atoms with Gasteiger partial charge < -0.3 is 19.7 Å². The molecule has 1 aromatic heterocycles. The molecule has 0 radical (unpaired) electrons. The van der Waals surface area contributed by atoms with Crippen molar-refractivity contribution in [3.8, 4) is 6.07 Å². The highest BCUT2D eigenvalue weighted by Gasteiger charge is 2.28. The minimum Gasteiger partial charge on any atom is -0.376 e. The monoisotopic (exact) mass is 409 g/mol. The summed E-state index contributed by atoms with van der Waals surface area (Å²) in [7, 11) is 0. The number of amides is 1. The average molecular weight is 409 g/mol. The molecule has 1 N–H and O–H groups in total. The van der Waals surface area contributed by atoms with E-state index in [1.165, 1.54) is 0 Å². The highest BCUT2D eigenvalue weighted by atomic mass is 16.5. The fraction of sp³-hybridized carbons (Fsp3) is 0.545. The van der Waals surface area contributed by atoms with Crippen molar-refractivity contribution in [3.05, 3.63) is 30.1 Å². The van der Waals surface area contributed by atoms with Gasteiger partial charge in [-0.05, 0) is 37.3 Å². The standard InChI is InChI=1S/C22H27N5O3/c1-15-9-17(26-20(28)14-29-13-18-3-2-8-30-18)12-27(11-15)19-5-4-16(10-23)21-22(19)25-7-6-24-21/h4-7,15,17-18H,2-3,8-9,11-14H2,1H3,(H,26,28)/t15-,17+,18?/m0/s1. The number of benzene rings is 1. The lowest BCUT2D eigenvalue weighted by atomic mass is 9.95. The van der Waals surface area contributed by atoms with Gasteiger partial charge in [0.2, 0.25) is 5.91 Å². The fourth-order valence-corrected chi connectivity index (χ4v) is 4.37. The SMILES string of the molecule is C[C@H]1C[C@@H](NC(=O)COCC2CCCO2)CN(c2ccc(C#N)c3nccnc23)C1. The molecule has 8 nitrogen and oxygen atoms in total. The van der Waals surface area contributed by atoms with Crippen molar-refractivity contribution in [2.75, 3.05) is 37.8 Å². The molecule has 0 bridgehead atoms. The van der Waals surface area contributed by atoms with Crippen LogP contribution in [0.1, 0.15) is 31.7 Å². The van der Waals surface area contributed by atoms with E-state index in [2.05, 4.69) is 33.2 Å². The lowest BCUT2D eigenvalue weighted by Crippen LogP contribution is -2.51. The normalized spacial score (nSPS) is 24.0. The van der Waals surface area contributed by atoms with Crippen molar-refractivity contribution in [1.29, 1.82) is 5.26 Å². The number of ether oxygens (including phenoxy) is 2. The Morgan fingerprint density at radius 1 is 1.33 bits per heavy atom. The maximum absolute atomic E-state index is 12.4. The molecular weight excluding hydrogens is 382 g/mol. The van der Waals surface area contributed by atoms with E-state index in [4.69, 9.17) is 9.47 Å². The van der Waals surface area contributed by atoms with E-state index in [0.717, 1.165) is 43.6 Å². The first kappa shape index (κ1) is 20.5. The molecule has 2 saturated heterocycles. The van der Waals surface area contributed by atoms with E-state index in [0.29, 0.717) is 30.1 Å². The molecule has 158 valence electrons. The smallest absolute Gasteiger partial charge is 0.246 e. The van der Waals surface area contributed by atoms with Crippen LogP contribution in [0, 0.1) is 17.2 Å². The van der Waals surface area contributed by atoms with Gasteiger partial charge in [0.1, 0.15) is 23.7 Å². The molecule has 2 aliphatic rings. The van der Waals surface area contributed by atoms with Crippen molar-refractivity contribution in [2.24, 2.45) is 5.92 Å². The van der Waals surface area contributed by atoms with Crippen LogP contribution in [0.4, 0.5) is 5.69 Å². The van der Waals surface area contributed by atoms with E-state index in [1.807, 2.05) is 6.07 Å². The number of nitrogens with zero attached hydrogens (tertiary/aromatic N) is 4. The van der Waals surface area contributed by atoms with Crippen LogP contribution in [-0.4, -0.2) is 60.9 Å². The molecule has 1 aromatic carbocycles. The number of piperidine rings is 1. The summed E-state index contributed by atoms with van der Waals surface area (Å²) >= 11 is 0. The second kappa shape index (κ2) is 9.37. The van der Waals surface area contributed by atoms with Crippen LogP contribution >= 0.6 is 0 Å². The second-order valence-electron chi connectivity index (χ2n) is 8.16. The first-order valence-electron chi connectivity index (χ1n) is 10.5. The number of aromatic nitrogens is 2. The van der Waals surface area contributed by atoms with Crippen molar-refractivity contribution in [3.63, 3.8) is 0 Å². The van der Waals surface area contributed by atoms with E-state index in [9.17, 15) is 10.1 Å². The van der Waals surface area contributed by atoms with Crippen LogP contribution < -0.4 is 10.2 Å². The van der Waals surface area contributed by atoms with Gasteiger partial charge in [-0.3, -0.25) is 14.8 Å². The first-order valence-corrected chi connectivity index (χ1v) is 10.5. The molecule has 2 aliphatic heterocycles. The molecule has 3 atom stereocenters. The summed E-state index contributed by atoms with van der Waals surface area (Å²) in [4.78, 5) is 23.4. The molecule has 2 aromatic rings. The molecule has 1 amide bonds. The van der Waals surface area contributed by atoms with E-state index in [1.54, 1.807) is 18.5 Å². The zero-order chi connectivity index (χ0) is 20.9. The van der Waals surface area contributed by atoms with Crippen LogP contribution in [0.25, 0.3) is 11.0 Å². The molecule has 30 heavy (non-hydrogen) atoms. The first-order chi connectivity index (χ1) is 14.6. The van der Waals surface area contributed by atoms with Gasteiger partial charge in [0.25, 0.3) is 0 Å². The largest absolute Gasteiger partial charge is 0.376 e. The Labute approximate surface area is 176 Å². The maximum Gasteiger partial charge on any atom is 0.246 e. The number of carbonyl (C=O) groups excluding carboxylic acids is 1. The summed E-state index contributed by atoms with van der Waals surface area (Å²) in [5.41, 5.74) is 2.78. The lowest BCUT2D eigenvalue weighted by molar-refractivity contribution is -0.127. The number of hydrogen-bond acceptors (Lipinski definition) is 7. The zero-order valence-electron chi connectivity index (χ0n) is 17.2. The van der Waals surface area contributed by atoms with Crippen LogP contribution in [0.2, 0.25) is 0 Å². The molecule has 1 unspecified atom stereocenters. The molecule has 0 saturated carbocycles. The second-order valence-corrected chi connectivity index (χ2v) is 8.16. The Morgan fingerprint density at radius 2 is 2.17 bits per heavy atom. The Balaban J connectivity index is 1.40. The molecule has 4 rings (SSSR count). The van der Waals surface area contributed by atoms with Gasteiger partial charge >= 0.3 is 0 Å². The van der Waals surface area contributed by atoms with Crippen molar-refractivity contribution >= 4 is 22.6 Å². The average Bonchev–Trinajstić information content (AvgIpc) is 3.26. The summed E-state index contributed by atoms with van der Waals surface area (Å²) in [6, 6.07) is 5.92. The van der Waals surface area contributed by atoms with Crippen LogP contribution in [0.3, 0.4) is 0 Å². The van der Waals surface area contributed by atoms with Gasteiger partial charge in [-0.25, -0.2) is 0 Å². The topological polar surface area (TPSA) is 100 Å². The van der Waals surface area contributed by atoms with Crippen LogP contribution in [0.5, 0.6) is 0 Å². The molecule has 8 heteroatoms. The number of anilines is 1. The zero-order valence-corrected chi connectivity index (χ0v) is 17.2. The number of carbonyl (C=O) groups is 1. The highest BCUT2D eigenvalue weighted by molar-refractivity contribution is 5.92. The van der Waals surface area contributed by atoms with Crippen LogP contribution in [0.15, 0.2) is 24.5 Å². The quantitative estimate of drug-likeness (QED) is 0.779. The third kappa shape index (κ3) is 4.69. The van der Waals surface area contributed by atoms with Gasteiger partial charge in [-0.1, -0.05) is 6.92 Å². The molecule has 3 heterocycles. The molecule has 0 aliphatic carbocycles. The van der Waals surface area contributed by atoms with E-state index >= 15 is 0 Å². The van der Waals surface area contributed by atoms with Crippen molar-refractivity contribution < 1.29 is 14.3 Å². The minimum atomic E-state index is -0.100. The van der Waals surface area contributed by atoms with E-state index < -0.39 is 0 Å². The number of fused-ring (bicyclic) bond motifs is 1. The predicted octanol–water partition coefficient (Wildman–Crippen LogP) is 2.03. The number of nitriles is 1. The summed E-state index contributed by atoms with van der Waals surface area (Å²) < 4.78 is 11.1. The van der Waals surface area contributed by atoms with Crippen molar-refractivity contribution in [1.82, 2.24) is 15.3 Å². The number of nitrogens with one attached hydrogen (secondary N) is 1. The molecular formula is C22H27N5O3. The fourth-order valence-electron chi connectivity index (χ4n) is 4.37. The van der Waals surface area contributed by atoms with Gasteiger partial charge in [0, 0.05) is 38.1 Å². The maximum atomic E-state index is 12.4. The predicted molar refractivity (Wildman–Crippen MR) is 112 cm³/mol.